The second kappa shape index (κ2) is 3.22. The Morgan fingerprint density at radius 2 is 1.50 bits per heavy atom. The molecule has 0 saturated carbocycles. The van der Waals surface area contributed by atoms with Crippen molar-refractivity contribution in [3.63, 3.8) is 0 Å². The molecular formula is C8H14N2. The lowest BCUT2D eigenvalue weighted by atomic mass is 10.1. The quantitative estimate of drug-likeness (QED) is 0.539. The molecule has 2 heteroatoms. The van der Waals surface area contributed by atoms with E-state index in [0.717, 1.165) is 16.8 Å². The van der Waals surface area contributed by atoms with E-state index in [1.165, 1.54) is 0 Å². The molecule has 0 unspecified atom stereocenters. The third-order valence-corrected chi connectivity index (χ3v) is 1.54. The lowest BCUT2D eigenvalue weighted by Gasteiger charge is -2.00. The molecule has 5 N–H and O–H groups in total. The first-order valence-electron chi connectivity index (χ1n) is 3.03. The maximum absolute atomic E-state index is 5.68. The van der Waals surface area contributed by atoms with Gasteiger partial charge in [0.2, 0.25) is 0 Å². The molecule has 1 aromatic carbocycles. The fourth-order valence-corrected chi connectivity index (χ4v) is 0.827. The second-order valence-electron chi connectivity index (χ2n) is 2.31. The van der Waals surface area contributed by atoms with Gasteiger partial charge in [0, 0.05) is 5.69 Å². The van der Waals surface area contributed by atoms with Crippen LogP contribution in [-0.4, -0.2) is 0 Å². The van der Waals surface area contributed by atoms with E-state index in [1.807, 2.05) is 32.0 Å². The van der Waals surface area contributed by atoms with E-state index in [2.05, 4.69) is 0 Å². The number of hydrogen-bond acceptors (Lipinski definition) is 2. The molecule has 1 rings (SSSR count). The average Bonchev–Trinajstić information content (AvgIpc) is 1.83. The predicted molar refractivity (Wildman–Crippen MR) is 45.4 cm³/mol. The van der Waals surface area contributed by atoms with Crippen molar-refractivity contribution in [1.29, 1.82) is 0 Å². The van der Waals surface area contributed by atoms with E-state index in [4.69, 9.17) is 5.73 Å². The van der Waals surface area contributed by atoms with Crippen molar-refractivity contribution in [3.8, 4) is 0 Å². The highest BCUT2D eigenvalue weighted by atomic mass is 14.6. The van der Waals surface area contributed by atoms with E-state index >= 15 is 0 Å². The van der Waals surface area contributed by atoms with Gasteiger partial charge in [0.15, 0.2) is 0 Å². The van der Waals surface area contributed by atoms with Crippen molar-refractivity contribution < 1.29 is 0 Å². The van der Waals surface area contributed by atoms with Crippen LogP contribution >= 0.6 is 0 Å². The first-order valence-corrected chi connectivity index (χ1v) is 3.03. The summed E-state index contributed by atoms with van der Waals surface area (Å²) in [4.78, 5) is 0. The van der Waals surface area contributed by atoms with Crippen molar-refractivity contribution in [2.75, 3.05) is 5.73 Å². The highest BCUT2D eigenvalue weighted by molar-refractivity contribution is 5.52. The second-order valence-corrected chi connectivity index (χ2v) is 2.31. The molecular weight excluding hydrogens is 124 g/mol. The van der Waals surface area contributed by atoms with Gasteiger partial charge in [0.1, 0.15) is 0 Å². The predicted octanol–water partition coefficient (Wildman–Crippen LogP) is 2.05. The zero-order valence-corrected chi connectivity index (χ0v) is 6.52. The Labute approximate surface area is 61.6 Å². The van der Waals surface area contributed by atoms with Gasteiger partial charge in [0.25, 0.3) is 0 Å². The molecule has 0 aromatic heterocycles. The fourth-order valence-electron chi connectivity index (χ4n) is 0.827. The lowest BCUT2D eigenvalue weighted by Crippen LogP contribution is -1.91. The minimum atomic E-state index is 0. The van der Waals surface area contributed by atoms with Crippen molar-refractivity contribution in [2.45, 2.75) is 13.8 Å². The maximum Gasteiger partial charge on any atom is 0.0373 e. The van der Waals surface area contributed by atoms with Gasteiger partial charge in [-0.3, -0.25) is 0 Å². The van der Waals surface area contributed by atoms with Crippen LogP contribution in [0, 0.1) is 13.8 Å². The van der Waals surface area contributed by atoms with Crippen LogP contribution in [0.1, 0.15) is 11.1 Å². The summed E-state index contributed by atoms with van der Waals surface area (Å²) in [6.07, 6.45) is 0. The Morgan fingerprint density at radius 3 is 1.80 bits per heavy atom. The molecule has 0 radical (unpaired) electrons. The van der Waals surface area contributed by atoms with Crippen LogP contribution in [-0.2, 0) is 0 Å². The van der Waals surface area contributed by atoms with Gasteiger partial charge >= 0.3 is 0 Å². The lowest BCUT2D eigenvalue weighted by molar-refractivity contribution is 1.39. The molecule has 0 bridgehead atoms. The summed E-state index contributed by atoms with van der Waals surface area (Å²) in [5.41, 5.74) is 8.92. The molecule has 0 aliphatic heterocycles. The molecule has 56 valence electrons. The van der Waals surface area contributed by atoms with Gasteiger partial charge in [-0.25, -0.2) is 0 Å². The summed E-state index contributed by atoms with van der Waals surface area (Å²) < 4.78 is 0. The van der Waals surface area contributed by atoms with Crippen LogP contribution in [0.2, 0.25) is 0 Å². The molecule has 10 heavy (non-hydrogen) atoms. The third-order valence-electron chi connectivity index (χ3n) is 1.54. The molecule has 0 fully saturated rings. The topological polar surface area (TPSA) is 61.0 Å². The Balaban J connectivity index is 0.000000810. The molecule has 0 atom stereocenters. The highest BCUT2D eigenvalue weighted by Gasteiger charge is 1.92. The summed E-state index contributed by atoms with van der Waals surface area (Å²) in [6.45, 7) is 4.03. The maximum atomic E-state index is 5.68. The molecule has 0 heterocycles. The number of para-hydroxylation sites is 1. The Morgan fingerprint density at radius 1 is 1.10 bits per heavy atom. The SMILES string of the molecule is Cc1cccc(C)c1N.N. The van der Waals surface area contributed by atoms with Crippen molar-refractivity contribution in [2.24, 2.45) is 0 Å². The zero-order valence-electron chi connectivity index (χ0n) is 6.52. The Hall–Kier alpha value is -1.02. The summed E-state index contributed by atoms with van der Waals surface area (Å²) in [7, 11) is 0. The van der Waals surface area contributed by atoms with Crippen molar-refractivity contribution >= 4 is 5.69 Å². The number of nitrogen functional groups attached to an aromatic ring is 1. The molecule has 0 aliphatic carbocycles. The first kappa shape index (κ1) is 8.98. The van der Waals surface area contributed by atoms with Gasteiger partial charge in [-0.05, 0) is 25.0 Å². The molecule has 0 saturated heterocycles. The first-order chi connectivity index (χ1) is 4.22. The molecule has 0 aliphatic rings. The number of anilines is 1. The summed E-state index contributed by atoms with van der Waals surface area (Å²) in [5, 5.41) is 0. The number of benzene rings is 1. The van der Waals surface area contributed by atoms with E-state index in [0.29, 0.717) is 0 Å². The molecule has 0 amide bonds. The van der Waals surface area contributed by atoms with E-state index in [1.54, 1.807) is 0 Å². The largest absolute Gasteiger partial charge is 0.398 e. The Bertz CT molecular complexity index is 198. The molecule has 0 spiro atoms. The third kappa shape index (κ3) is 1.48. The van der Waals surface area contributed by atoms with E-state index in [-0.39, 0.29) is 6.15 Å². The minimum absolute atomic E-state index is 0. The van der Waals surface area contributed by atoms with E-state index in [9.17, 15) is 0 Å². The van der Waals surface area contributed by atoms with Crippen molar-refractivity contribution in [3.05, 3.63) is 29.3 Å². The summed E-state index contributed by atoms with van der Waals surface area (Å²) in [6, 6.07) is 6.05. The number of nitrogens with two attached hydrogens (primary N) is 1. The van der Waals surface area contributed by atoms with Crippen molar-refractivity contribution in [1.82, 2.24) is 6.15 Å². The molecule has 1 aromatic rings. The van der Waals surface area contributed by atoms with Gasteiger partial charge in [-0.2, -0.15) is 0 Å². The average molecular weight is 138 g/mol. The number of aryl methyl sites for hydroxylation is 2. The number of rotatable bonds is 0. The van der Waals surface area contributed by atoms with Crippen LogP contribution in [0.5, 0.6) is 0 Å². The normalized spacial score (nSPS) is 8.60. The monoisotopic (exact) mass is 138 g/mol. The van der Waals surface area contributed by atoms with E-state index < -0.39 is 0 Å². The van der Waals surface area contributed by atoms with Gasteiger partial charge in [-0.1, -0.05) is 18.2 Å². The van der Waals surface area contributed by atoms with Crippen LogP contribution in [0.4, 0.5) is 5.69 Å². The smallest absolute Gasteiger partial charge is 0.0373 e. The highest BCUT2D eigenvalue weighted by Crippen LogP contribution is 2.13. The van der Waals surface area contributed by atoms with Crippen LogP contribution in [0.15, 0.2) is 18.2 Å². The molecule has 2 nitrogen and oxygen atoms in total. The Kier molecular flexibility index (Phi) is 2.90. The van der Waals surface area contributed by atoms with Gasteiger partial charge in [0.05, 0.1) is 0 Å². The minimum Gasteiger partial charge on any atom is -0.398 e. The van der Waals surface area contributed by atoms with Crippen LogP contribution in [0.25, 0.3) is 0 Å². The standard InChI is InChI=1S/C8H11N.H3N/c1-6-4-3-5-7(2)8(6)9;/h3-5H,9H2,1-2H3;1H3. The zero-order chi connectivity index (χ0) is 6.85. The van der Waals surface area contributed by atoms with Gasteiger partial charge < -0.3 is 11.9 Å². The van der Waals surface area contributed by atoms with Gasteiger partial charge in [-0.15, -0.1) is 0 Å². The van der Waals surface area contributed by atoms with Crippen LogP contribution in [0.3, 0.4) is 0 Å². The summed E-state index contributed by atoms with van der Waals surface area (Å²) >= 11 is 0. The van der Waals surface area contributed by atoms with Crippen LogP contribution < -0.4 is 11.9 Å². The number of hydrogen-bond donors (Lipinski definition) is 2. The fraction of sp³-hybridized carbons (Fsp3) is 0.250. The summed E-state index contributed by atoms with van der Waals surface area (Å²) in [5.74, 6) is 0.